The van der Waals surface area contributed by atoms with Crippen LogP contribution >= 0.6 is 12.2 Å². The summed E-state index contributed by atoms with van der Waals surface area (Å²) in [4.78, 5) is 12.8. The minimum atomic E-state index is -0.134. The van der Waals surface area contributed by atoms with Gasteiger partial charge in [0.1, 0.15) is 5.75 Å². The van der Waals surface area contributed by atoms with Crippen molar-refractivity contribution < 1.29 is 9.53 Å². The monoisotopic (exact) mass is 278 g/mol. The molecule has 2 atom stereocenters. The van der Waals surface area contributed by atoms with Crippen molar-refractivity contribution in [2.45, 2.75) is 25.3 Å². The van der Waals surface area contributed by atoms with Gasteiger partial charge in [0.15, 0.2) is 0 Å². The van der Waals surface area contributed by atoms with Gasteiger partial charge in [0.25, 0.3) is 5.91 Å². The molecule has 1 fully saturated rings. The van der Waals surface area contributed by atoms with Crippen molar-refractivity contribution in [1.29, 1.82) is 0 Å². The Morgan fingerprint density at radius 2 is 2.16 bits per heavy atom. The van der Waals surface area contributed by atoms with Crippen LogP contribution in [-0.2, 0) is 0 Å². The van der Waals surface area contributed by atoms with E-state index in [2.05, 4.69) is 5.32 Å². The average Bonchev–Trinajstić information content (AvgIpc) is 2.87. The van der Waals surface area contributed by atoms with Crippen molar-refractivity contribution in [2.75, 3.05) is 7.11 Å². The van der Waals surface area contributed by atoms with Crippen LogP contribution in [0.4, 0.5) is 0 Å². The maximum Gasteiger partial charge on any atom is 0.255 e. The van der Waals surface area contributed by atoms with E-state index in [1.807, 2.05) is 12.1 Å². The van der Waals surface area contributed by atoms with Gasteiger partial charge in [-0.05, 0) is 25.0 Å². The highest BCUT2D eigenvalue weighted by molar-refractivity contribution is 7.80. The smallest absolute Gasteiger partial charge is 0.255 e. The van der Waals surface area contributed by atoms with E-state index in [1.54, 1.807) is 19.2 Å². The zero-order chi connectivity index (χ0) is 13.8. The number of benzene rings is 1. The van der Waals surface area contributed by atoms with Gasteiger partial charge in [-0.15, -0.1) is 0 Å². The Bertz CT molecular complexity index is 490. The molecule has 0 bridgehead atoms. The predicted molar refractivity (Wildman–Crippen MR) is 78.4 cm³/mol. The molecule has 1 saturated carbocycles. The number of hydrogen-bond acceptors (Lipinski definition) is 3. The SMILES string of the molecule is COc1ccccc1C(=O)NC1CCCC1C(N)=S. The molecule has 5 heteroatoms. The molecule has 0 aliphatic heterocycles. The molecule has 2 unspecified atom stereocenters. The molecule has 1 aliphatic carbocycles. The second-order valence-electron chi connectivity index (χ2n) is 4.72. The first-order valence-corrected chi connectivity index (χ1v) is 6.77. The van der Waals surface area contributed by atoms with Gasteiger partial charge in [-0.2, -0.15) is 0 Å². The van der Waals surface area contributed by atoms with E-state index >= 15 is 0 Å². The molecule has 19 heavy (non-hydrogen) atoms. The quantitative estimate of drug-likeness (QED) is 0.825. The average molecular weight is 278 g/mol. The fourth-order valence-corrected chi connectivity index (χ4v) is 2.83. The van der Waals surface area contributed by atoms with Gasteiger partial charge in [-0.25, -0.2) is 0 Å². The molecule has 1 aliphatic rings. The van der Waals surface area contributed by atoms with Gasteiger partial charge < -0.3 is 15.8 Å². The zero-order valence-corrected chi connectivity index (χ0v) is 11.7. The molecule has 0 radical (unpaired) electrons. The summed E-state index contributed by atoms with van der Waals surface area (Å²) in [5.74, 6) is 0.545. The van der Waals surface area contributed by atoms with E-state index in [9.17, 15) is 4.79 Å². The second kappa shape index (κ2) is 6.02. The summed E-state index contributed by atoms with van der Waals surface area (Å²) in [6.45, 7) is 0. The number of ether oxygens (including phenoxy) is 1. The molecule has 2 rings (SSSR count). The Hall–Kier alpha value is -1.62. The van der Waals surface area contributed by atoms with Crippen LogP contribution in [0.15, 0.2) is 24.3 Å². The minimum absolute atomic E-state index is 0.0370. The zero-order valence-electron chi connectivity index (χ0n) is 10.9. The molecule has 3 N–H and O–H groups in total. The fourth-order valence-electron chi connectivity index (χ4n) is 2.55. The lowest BCUT2D eigenvalue weighted by atomic mass is 10.0. The fraction of sp³-hybridized carbons (Fsp3) is 0.429. The predicted octanol–water partition coefficient (Wildman–Crippen LogP) is 1.88. The molecule has 0 spiro atoms. The van der Waals surface area contributed by atoms with Crippen molar-refractivity contribution >= 4 is 23.1 Å². The van der Waals surface area contributed by atoms with Crippen LogP contribution in [-0.4, -0.2) is 24.0 Å². The van der Waals surface area contributed by atoms with Crippen LogP contribution in [0.1, 0.15) is 29.6 Å². The summed E-state index contributed by atoms with van der Waals surface area (Å²) in [7, 11) is 1.56. The Kier molecular flexibility index (Phi) is 4.37. The summed E-state index contributed by atoms with van der Waals surface area (Å²) >= 11 is 5.05. The summed E-state index contributed by atoms with van der Waals surface area (Å²) in [6.07, 6.45) is 2.91. The standard InChI is InChI=1S/C14H18N2O2S/c1-18-12-8-3-2-5-10(12)14(17)16-11-7-4-6-9(11)13(15)19/h2-3,5,8-9,11H,4,6-7H2,1H3,(H2,15,19)(H,16,17). The number of para-hydroxylation sites is 1. The van der Waals surface area contributed by atoms with Gasteiger partial charge in [0.05, 0.1) is 17.7 Å². The minimum Gasteiger partial charge on any atom is -0.496 e. The lowest BCUT2D eigenvalue weighted by Gasteiger charge is -2.20. The number of hydrogen-bond donors (Lipinski definition) is 2. The Morgan fingerprint density at radius 1 is 1.42 bits per heavy atom. The molecule has 0 heterocycles. The van der Waals surface area contributed by atoms with Crippen molar-refractivity contribution in [3.05, 3.63) is 29.8 Å². The highest BCUT2D eigenvalue weighted by Gasteiger charge is 2.31. The maximum atomic E-state index is 12.3. The molecular weight excluding hydrogens is 260 g/mol. The molecule has 1 aromatic carbocycles. The van der Waals surface area contributed by atoms with Crippen LogP contribution in [0.2, 0.25) is 0 Å². The van der Waals surface area contributed by atoms with E-state index in [0.29, 0.717) is 16.3 Å². The van der Waals surface area contributed by atoms with E-state index in [0.717, 1.165) is 19.3 Å². The van der Waals surface area contributed by atoms with Crippen LogP contribution < -0.4 is 15.8 Å². The van der Waals surface area contributed by atoms with Crippen molar-refractivity contribution in [1.82, 2.24) is 5.32 Å². The topological polar surface area (TPSA) is 64.3 Å². The van der Waals surface area contributed by atoms with E-state index in [-0.39, 0.29) is 17.9 Å². The third-order valence-corrected chi connectivity index (χ3v) is 3.85. The van der Waals surface area contributed by atoms with Gasteiger partial charge in [0, 0.05) is 12.0 Å². The number of thiocarbonyl (C=S) groups is 1. The third-order valence-electron chi connectivity index (χ3n) is 3.55. The van der Waals surface area contributed by atoms with Crippen molar-refractivity contribution in [3.63, 3.8) is 0 Å². The first kappa shape index (κ1) is 13.8. The maximum absolute atomic E-state index is 12.3. The number of carbonyl (C=O) groups is 1. The van der Waals surface area contributed by atoms with Crippen molar-refractivity contribution in [3.8, 4) is 5.75 Å². The second-order valence-corrected chi connectivity index (χ2v) is 5.19. The van der Waals surface area contributed by atoms with Crippen LogP contribution in [0.25, 0.3) is 0 Å². The lowest BCUT2D eigenvalue weighted by Crippen LogP contribution is -2.41. The Balaban J connectivity index is 2.10. The van der Waals surface area contributed by atoms with Crippen molar-refractivity contribution in [2.24, 2.45) is 11.7 Å². The molecule has 1 amide bonds. The largest absolute Gasteiger partial charge is 0.496 e. The normalized spacial score (nSPS) is 21.9. The third kappa shape index (κ3) is 3.04. The first-order valence-electron chi connectivity index (χ1n) is 6.36. The highest BCUT2D eigenvalue weighted by Crippen LogP contribution is 2.27. The number of nitrogens with two attached hydrogens (primary N) is 1. The van der Waals surface area contributed by atoms with E-state index < -0.39 is 0 Å². The molecule has 0 aromatic heterocycles. The van der Waals surface area contributed by atoms with Crippen LogP contribution in [0.5, 0.6) is 5.75 Å². The first-order chi connectivity index (χ1) is 9.13. The lowest BCUT2D eigenvalue weighted by molar-refractivity contribution is 0.0931. The van der Waals surface area contributed by atoms with E-state index in [4.69, 9.17) is 22.7 Å². The summed E-state index contributed by atoms with van der Waals surface area (Å²) in [6, 6.07) is 7.21. The number of amides is 1. The number of rotatable bonds is 4. The van der Waals surface area contributed by atoms with Gasteiger partial charge >= 0.3 is 0 Å². The number of methoxy groups -OCH3 is 1. The molecule has 1 aromatic rings. The number of carbonyl (C=O) groups excluding carboxylic acids is 1. The highest BCUT2D eigenvalue weighted by atomic mass is 32.1. The van der Waals surface area contributed by atoms with E-state index in [1.165, 1.54) is 0 Å². The van der Waals surface area contributed by atoms with Crippen LogP contribution in [0.3, 0.4) is 0 Å². The van der Waals surface area contributed by atoms with Gasteiger partial charge in [-0.1, -0.05) is 30.8 Å². The van der Waals surface area contributed by atoms with Gasteiger partial charge in [-0.3, -0.25) is 4.79 Å². The summed E-state index contributed by atoms with van der Waals surface area (Å²) < 4.78 is 5.19. The Labute approximate surface area is 118 Å². The van der Waals surface area contributed by atoms with Crippen LogP contribution in [0, 0.1) is 5.92 Å². The molecular formula is C14H18N2O2S. The van der Waals surface area contributed by atoms with Gasteiger partial charge in [0.2, 0.25) is 0 Å². The summed E-state index contributed by atoms with van der Waals surface area (Å²) in [5.41, 5.74) is 6.25. The number of nitrogens with one attached hydrogen (secondary N) is 1. The summed E-state index contributed by atoms with van der Waals surface area (Å²) in [5, 5.41) is 3.01. The molecule has 102 valence electrons. The molecule has 0 saturated heterocycles. The Morgan fingerprint density at radius 3 is 2.84 bits per heavy atom. The molecule has 4 nitrogen and oxygen atoms in total.